The monoisotopic (exact) mass is 357 g/mol. The number of rotatable bonds is 5. The first-order valence-electron chi connectivity index (χ1n) is 8.82. The van der Waals surface area contributed by atoms with E-state index in [4.69, 9.17) is 9.15 Å². The Morgan fingerprint density at radius 1 is 1.31 bits per heavy atom. The van der Waals surface area contributed by atoms with Crippen LogP contribution in [0.3, 0.4) is 0 Å². The predicted octanol–water partition coefficient (Wildman–Crippen LogP) is 2.56. The molecule has 0 radical (unpaired) electrons. The third kappa shape index (κ3) is 3.87. The van der Waals surface area contributed by atoms with Crippen LogP contribution in [0.25, 0.3) is 0 Å². The molecule has 0 spiro atoms. The molecule has 26 heavy (non-hydrogen) atoms. The van der Waals surface area contributed by atoms with Crippen LogP contribution in [0, 0.1) is 6.92 Å². The Labute approximate surface area is 152 Å². The molecule has 7 heteroatoms. The van der Waals surface area contributed by atoms with E-state index in [0.29, 0.717) is 42.4 Å². The molecular formula is C19H23N3O4. The van der Waals surface area contributed by atoms with Gasteiger partial charge in [-0.2, -0.15) is 0 Å². The summed E-state index contributed by atoms with van der Waals surface area (Å²) in [7, 11) is 0. The number of nitrogens with one attached hydrogen (secondary N) is 1. The number of amides is 1. The number of ether oxygens (including phenoxy) is 1. The van der Waals surface area contributed by atoms with E-state index in [1.807, 2.05) is 0 Å². The van der Waals surface area contributed by atoms with Crippen molar-refractivity contribution >= 4 is 17.7 Å². The van der Waals surface area contributed by atoms with Gasteiger partial charge in [0, 0.05) is 25.3 Å². The molecule has 1 aliphatic rings. The van der Waals surface area contributed by atoms with Crippen molar-refractivity contribution < 1.29 is 18.7 Å². The first-order chi connectivity index (χ1) is 12.6. The maximum Gasteiger partial charge on any atom is 0.341 e. The molecule has 1 amide bonds. The number of aryl methyl sites for hydroxylation is 1. The van der Waals surface area contributed by atoms with Gasteiger partial charge in [-0.25, -0.2) is 9.78 Å². The fraction of sp³-hybridized carbons (Fsp3) is 0.421. The number of hydrogen-bond donors (Lipinski definition) is 1. The number of carbonyl (C=O) groups excluding carboxylic acids is 2. The van der Waals surface area contributed by atoms with Gasteiger partial charge in [-0.15, -0.1) is 0 Å². The summed E-state index contributed by atoms with van der Waals surface area (Å²) in [6, 6.07) is 5.23. The number of anilines is 1. The van der Waals surface area contributed by atoms with E-state index >= 15 is 0 Å². The first kappa shape index (κ1) is 18.0. The van der Waals surface area contributed by atoms with Crippen molar-refractivity contribution in [3.63, 3.8) is 0 Å². The summed E-state index contributed by atoms with van der Waals surface area (Å²) >= 11 is 0. The van der Waals surface area contributed by atoms with Crippen LogP contribution in [0.5, 0.6) is 0 Å². The zero-order valence-electron chi connectivity index (χ0n) is 15.0. The number of pyridine rings is 1. The van der Waals surface area contributed by atoms with Gasteiger partial charge in [-0.05, 0) is 44.9 Å². The van der Waals surface area contributed by atoms with Gasteiger partial charge in [-0.3, -0.25) is 4.79 Å². The summed E-state index contributed by atoms with van der Waals surface area (Å²) < 4.78 is 10.3. The van der Waals surface area contributed by atoms with Crippen molar-refractivity contribution in [2.24, 2.45) is 0 Å². The molecule has 2 aromatic rings. The molecule has 138 valence electrons. The first-order valence-corrected chi connectivity index (χ1v) is 8.82. The van der Waals surface area contributed by atoms with Crippen molar-refractivity contribution in [1.29, 1.82) is 0 Å². The highest BCUT2D eigenvalue weighted by atomic mass is 16.5. The van der Waals surface area contributed by atoms with Crippen LogP contribution in [0.1, 0.15) is 46.2 Å². The highest BCUT2D eigenvalue weighted by Crippen LogP contribution is 2.23. The number of esters is 1. The highest BCUT2D eigenvalue weighted by Gasteiger charge is 2.26. The molecule has 2 aromatic heterocycles. The number of aromatic nitrogens is 1. The molecule has 0 aliphatic carbocycles. The van der Waals surface area contributed by atoms with Gasteiger partial charge < -0.3 is 19.4 Å². The quantitative estimate of drug-likeness (QED) is 0.828. The van der Waals surface area contributed by atoms with Gasteiger partial charge in [0.2, 0.25) is 0 Å². The molecule has 0 bridgehead atoms. The Morgan fingerprint density at radius 2 is 2.08 bits per heavy atom. The van der Waals surface area contributed by atoms with Gasteiger partial charge >= 0.3 is 5.97 Å². The lowest BCUT2D eigenvalue weighted by Gasteiger charge is -2.33. The summed E-state index contributed by atoms with van der Waals surface area (Å²) in [5, 5.41) is 3.05. The lowest BCUT2D eigenvalue weighted by Crippen LogP contribution is -2.45. The minimum Gasteiger partial charge on any atom is -0.469 e. The molecule has 3 rings (SSSR count). The van der Waals surface area contributed by atoms with Crippen LogP contribution in [0.4, 0.5) is 5.82 Å². The topological polar surface area (TPSA) is 84.7 Å². The normalized spacial score (nSPS) is 14.9. The van der Waals surface area contributed by atoms with E-state index in [9.17, 15) is 9.59 Å². The fourth-order valence-electron chi connectivity index (χ4n) is 3.14. The Balaban J connectivity index is 1.62. The molecule has 0 aromatic carbocycles. The van der Waals surface area contributed by atoms with Gasteiger partial charge in [0.15, 0.2) is 0 Å². The van der Waals surface area contributed by atoms with E-state index in [-0.39, 0.29) is 17.9 Å². The second-order valence-electron chi connectivity index (χ2n) is 6.22. The highest BCUT2D eigenvalue weighted by molar-refractivity contribution is 5.95. The third-order valence-corrected chi connectivity index (χ3v) is 4.52. The molecule has 7 nitrogen and oxygen atoms in total. The molecule has 0 atom stereocenters. The van der Waals surface area contributed by atoms with E-state index in [1.54, 1.807) is 38.2 Å². The minimum atomic E-state index is -0.360. The summed E-state index contributed by atoms with van der Waals surface area (Å²) in [4.78, 5) is 30.9. The van der Waals surface area contributed by atoms with Gasteiger partial charge in [0.25, 0.3) is 5.91 Å². The van der Waals surface area contributed by atoms with Crippen LogP contribution in [0.15, 0.2) is 35.1 Å². The lowest BCUT2D eigenvalue weighted by atomic mass is 10.0. The molecule has 1 aliphatic heterocycles. The van der Waals surface area contributed by atoms with E-state index in [0.717, 1.165) is 12.8 Å². The standard InChI is InChI=1S/C19H23N3O4/c1-3-25-19(24)16-5-4-9-20-17(16)22-10-6-14(7-11-22)21-18(23)15-8-12-26-13(15)2/h4-5,8-9,12,14H,3,6-7,10-11H2,1-2H3,(H,21,23). The molecular weight excluding hydrogens is 334 g/mol. The Bertz CT molecular complexity index is 779. The predicted molar refractivity (Wildman–Crippen MR) is 96.3 cm³/mol. The van der Waals surface area contributed by atoms with E-state index in [2.05, 4.69) is 15.2 Å². The SMILES string of the molecule is CCOC(=O)c1cccnc1N1CCC(NC(=O)c2ccoc2C)CC1. The third-order valence-electron chi connectivity index (χ3n) is 4.52. The number of carbonyl (C=O) groups is 2. The number of hydrogen-bond acceptors (Lipinski definition) is 6. The number of piperidine rings is 1. The summed E-state index contributed by atoms with van der Waals surface area (Å²) in [5.74, 6) is 0.787. The molecule has 3 heterocycles. The summed E-state index contributed by atoms with van der Waals surface area (Å²) in [6.45, 7) is 5.30. The van der Waals surface area contributed by atoms with E-state index < -0.39 is 0 Å². The second kappa shape index (κ2) is 8.03. The largest absolute Gasteiger partial charge is 0.469 e. The number of furan rings is 1. The smallest absolute Gasteiger partial charge is 0.341 e. The maximum absolute atomic E-state index is 12.3. The van der Waals surface area contributed by atoms with Crippen molar-refractivity contribution in [2.45, 2.75) is 32.7 Å². The van der Waals surface area contributed by atoms with Crippen molar-refractivity contribution in [2.75, 3.05) is 24.6 Å². The van der Waals surface area contributed by atoms with Crippen LogP contribution < -0.4 is 10.2 Å². The average Bonchev–Trinajstić information content (AvgIpc) is 3.09. The van der Waals surface area contributed by atoms with Crippen molar-refractivity contribution in [3.05, 3.63) is 47.5 Å². The number of nitrogens with zero attached hydrogens (tertiary/aromatic N) is 2. The molecule has 1 fully saturated rings. The molecule has 1 saturated heterocycles. The minimum absolute atomic E-state index is 0.0859. The van der Waals surface area contributed by atoms with Gasteiger partial charge in [0.1, 0.15) is 17.1 Å². The van der Waals surface area contributed by atoms with Gasteiger partial charge in [-0.1, -0.05) is 0 Å². The zero-order chi connectivity index (χ0) is 18.5. The average molecular weight is 357 g/mol. The van der Waals surface area contributed by atoms with Crippen LogP contribution in [0.2, 0.25) is 0 Å². The zero-order valence-corrected chi connectivity index (χ0v) is 15.0. The van der Waals surface area contributed by atoms with Crippen molar-refractivity contribution in [1.82, 2.24) is 10.3 Å². The second-order valence-corrected chi connectivity index (χ2v) is 6.22. The van der Waals surface area contributed by atoms with Crippen LogP contribution in [-0.4, -0.2) is 42.6 Å². The molecule has 0 saturated carbocycles. The maximum atomic E-state index is 12.3. The molecule has 1 N–H and O–H groups in total. The summed E-state index contributed by atoms with van der Waals surface area (Å²) in [5.41, 5.74) is 1.05. The van der Waals surface area contributed by atoms with Gasteiger partial charge in [0.05, 0.1) is 18.4 Å². The lowest BCUT2D eigenvalue weighted by molar-refractivity contribution is 0.0526. The Hall–Kier alpha value is -2.83. The summed E-state index contributed by atoms with van der Waals surface area (Å²) in [6.07, 6.45) is 4.75. The van der Waals surface area contributed by atoms with Crippen molar-refractivity contribution in [3.8, 4) is 0 Å². The van der Waals surface area contributed by atoms with Crippen LogP contribution in [-0.2, 0) is 4.74 Å². The Morgan fingerprint density at radius 3 is 2.73 bits per heavy atom. The molecule has 0 unspecified atom stereocenters. The Kier molecular flexibility index (Phi) is 5.55. The fourth-order valence-corrected chi connectivity index (χ4v) is 3.14. The van der Waals surface area contributed by atoms with Crippen LogP contribution >= 0.6 is 0 Å². The van der Waals surface area contributed by atoms with E-state index in [1.165, 1.54) is 6.26 Å².